The molecule has 2 aromatic heterocycles. The average Bonchev–Trinajstić information content (AvgIpc) is 3.11. The van der Waals surface area contributed by atoms with Gasteiger partial charge in [-0.25, -0.2) is 4.52 Å². The lowest BCUT2D eigenvalue weighted by molar-refractivity contribution is -0.116. The fourth-order valence-corrected chi connectivity index (χ4v) is 3.49. The number of ketones is 1. The predicted molar refractivity (Wildman–Crippen MR) is 100 cm³/mol. The van der Waals surface area contributed by atoms with Crippen molar-refractivity contribution in [1.29, 1.82) is 0 Å². The van der Waals surface area contributed by atoms with E-state index >= 15 is 0 Å². The first kappa shape index (κ1) is 18.1. The van der Waals surface area contributed by atoms with Crippen LogP contribution >= 0.6 is 11.3 Å². The van der Waals surface area contributed by atoms with Crippen LogP contribution in [0.5, 0.6) is 5.75 Å². The standard InChI is InChI=1S/C18H20N4O3S/c1-10-5-7-15(25-4)13(9-10)14(23)6-8-16(24)19-17-20-18-22(21-17)11(2)12(3)26-18/h5,7,9H,6,8H2,1-4H3,(H,19,21,24). The summed E-state index contributed by atoms with van der Waals surface area (Å²) < 4.78 is 6.93. The van der Waals surface area contributed by atoms with Gasteiger partial charge >= 0.3 is 0 Å². The van der Waals surface area contributed by atoms with Gasteiger partial charge in [0.2, 0.25) is 16.8 Å². The Balaban J connectivity index is 1.63. The highest BCUT2D eigenvalue weighted by Gasteiger charge is 2.16. The highest BCUT2D eigenvalue weighted by molar-refractivity contribution is 7.17. The molecule has 7 nitrogen and oxygen atoms in total. The molecule has 26 heavy (non-hydrogen) atoms. The van der Waals surface area contributed by atoms with Crippen molar-refractivity contribution in [3.05, 3.63) is 39.9 Å². The van der Waals surface area contributed by atoms with Gasteiger partial charge in [0.1, 0.15) is 5.75 Å². The lowest BCUT2D eigenvalue weighted by Crippen LogP contribution is -2.15. The number of anilines is 1. The summed E-state index contributed by atoms with van der Waals surface area (Å²) in [5.41, 5.74) is 2.46. The summed E-state index contributed by atoms with van der Waals surface area (Å²) in [6, 6.07) is 5.41. The van der Waals surface area contributed by atoms with Gasteiger partial charge in [-0.2, -0.15) is 4.98 Å². The molecule has 0 aliphatic rings. The van der Waals surface area contributed by atoms with E-state index in [1.165, 1.54) is 18.4 Å². The Labute approximate surface area is 155 Å². The average molecular weight is 372 g/mol. The fraction of sp³-hybridized carbons (Fsp3) is 0.333. The predicted octanol–water partition coefficient (Wildman–Crippen LogP) is 3.33. The van der Waals surface area contributed by atoms with Gasteiger partial charge in [-0.1, -0.05) is 23.0 Å². The van der Waals surface area contributed by atoms with E-state index in [4.69, 9.17) is 4.74 Å². The van der Waals surface area contributed by atoms with Crippen LogP contribution in [-0.4, -0.2) is 33.4 Å². The molecule has 0 saturated heterocycles. The molecule has 0 aliphatic heterocycles. The molecule has 3 aromatic rings. The smallest absolute Gasteiger partial charge is 0.250 e. The Morgan fingerprint density at radius 3 is 2.69 bits per heavy atom. The van der Waals surface area contributed by atoms with E-state index in [0.29, 0.717) is 11.3 Å². The monoisotopic (exact) mass is 372 g/mol. The van der Waals surface area contributed by atoms with Crippen LogP contribution in [0.4, 0.5) is 5.95 Å². The molecular formula is C18H20N4O3S. The number of thiazole rings is 1. The third-order valence-electron chi connectivity index (χ3n) is 4.13. The first-order chi connectivity index (χ1) is 12.4. The number of carbonyl (C=O) groups is 2. The molecule has 0 saturated carbocycles. The summed E-state index contributed by atoms with van der Waals surface area (Å²) >= 11 is 1.52. The van der Waals surface area contributed by atoms with Gasteiger partial charge in [0.05, 0.1) is 18.4 Å². The number of Topliss-reactive ketones (excluding diaryl/α,β-unsaturated/α-hetero) is 1. The molecule has 3 rings (SSSR count). The van der Waals surface area contributed by atoms with E-state index in [-0.39, 0.29) is 30.5 Å². The molecule has 0 aliphatic carbocycles. The molecule has 8 heteroatoms. The largest absolute Gasteiger partial charge is 0.496 e. The van der Waals surface area contributed by atoms with E-state index in [1.54, 1.807) is 16.6 Å². The Morgan fingerprint density at radius 1 is 1.23 bits per heavy atom. The van der Waals surface area contributed by atoms with Crippen molar-refractivity contribution in [3.63, 3.8) is 0 Å². The molecule has 0 atom stereocenters. The van der Waals surface area contributed by atoms with E-state index in [1.807, 2.05) is 26.8 Å². The Bertz CT molecular complexity index is 990. The Morgan fingerprint density at radius 2 is 2.00 bits per heavy atom. The number of ether oxygens (including phenoxy) is 1. The molecule has 0 spiro atoms. The molecule has 1 amide bonds. The van der Waals surface area contributed by atoms with Gasteiger partial charge in [-0.3, -0.25) is 14.9 Å². The number of carbonyl (C=O) groups excluding carboxylic acids is 2. The minimum absolute atomic E-state index is 0.0563. The van der Waals surface area contributed by atoms with Crippen molar-refractivity contribution in [3.8, 4) is 5.75 Å². The normalized spacial score (nSPS) is 10.9. The second kappa shape index (κ2) is 7.25. The number of hydrogen-bond donors (Lipinski definition) is 1. The Hall–Kier alpha value is -2.74. The number of rotatable bonds is 6. The molecule has 0 unspecified atom stereocenters. The SMILES string of the molecule is COc1ccc(C)cc1C(=O)CCC(=O)Nc1nc2sc(C)c(C)n2n1. The van der Waals surface area contributed by atoms with Crippen LogP contribution in [0.25, 0.3) is 4.96 Å². The van der Waals surface area contributed by atoms with E-state index in [2.05, 4.69) is 15.4 Å². The van der Waals surface area contributed by atoms with Crippen molar-refractivity contribution in [2.24, 2.45) is 0 Å². The van der Waals surface area contributed by atoms with Crippen LogP contribution in [-0.2, 0) is 4.79 Å². The van der Waals surface area contributed by atoms with Crippen LogP contribution in [0.2, 0.25) is 0 Å². The maximum Gasteiger partial charge on any atom is 0.250 e. The van der Waals surface area contributed by atoms with Crippen molar-refractivity contribution in [2.75, 3.05) is 12.4 Å². The van der Waals surface area contributed by atoms with Gasteiger partial charge in [0.15, 0.2) is 5.78 Å². The maximum atomic E-state index is 12.4. The van der Waals surface area contributed by atoms with Gasteiger partial charge in [-0.05, 0) is 32.9 Å². The maximum absolute atomic E-state index is 12.4. The number of amides is 1. The van der Waals surface area contributed by atoms with Gasteiger partial charge < -0.3 is 4.74 Å². The van der Waals surface area contributed by atoms with E-state index in [9.17, 15) is 9.59 Å². The number of fused-ring (bicyclic) bond motifs is 1. The third kappa shape index (κ3) is 3.60. The third-order valence-corrected chi connectivity index (χ3v) is 5.18. The molecule has 1 aromatic carbocycles. The van der Waals surface area contributed by atoms with Crippen LogP contribution in [0.15, 0.2) is 18.2 Å². The van der Waals surface area contributed by atoms with E-state index in [0.717, 1.165) is 21.1 Å². The summed E-state index contributed by atoms with van der Waals surface area (Å²) in [6.07, 6.45) is 0.146. The molecule has 0 bridgehead atoms. The number of nitrogens with zero attached hydrogens (tertiary/aromatic N) is 3. The zero-order valence-electron chi connectivity index (χ0n) is 15.1. The number of hydrogen-bond acceptors (Lipinski definition) is 6. The van der Waals surface area contributed by atoms with Crippen molar-refractivity contribution in [2.45, 2.75) is 33.6 Å². The minimum Gasteiger partial charge on any atom is -0.496 e. The van der Waals surface area contributed by atoms with Crippen molar-refractivity contribution >= 4 is 33.9 Å². The van der Waals surface area contributed by atoms with Gasteiger partial charge in [0, 0.05) is 17.7 Å². The lowest BCUT2D eigenvalue weighted by atomic mass is 10.0. The van der Waals surface area contributed by atoms with Crippen LogP contribution in [0.3, 0.4) is 0 Å². The first-order valence-electron chi connectivity index (χ1n) is 8.19. The summed E-state index contributed by atoms with van der Waals surface area (Å²) in [6.45, 7) is 5.86. The number of benzene rings is 1. The topological polar surface area (TPSA) is 85.6 Å². The Kier molecular flexibility index (Phi) is 5.03. The highest BCUT2D eigenvalue weighted by atomic mass is 32.1. The van der Waals surface area contributed by atoms with E-state index < -0.39 is 0 Å². The molecule has 1 N–H and O–H groups in total. The summed E-state index contributed by atoms with van der Waals surface area (Å²) in [5, 5.41) is 6.93. The van der Waals surface area contributed by atoms with Crippen molar-refractivity contribution in [1.82, 2.24) is 14.6 Å². The number of methoxy groups -OCH3 is 1. The number of nitrogens with one attached hydrogen (secondary N) is 1. The molecule has 136 valence electrons. The second-order valence-electron chi connectivity index (χ2n) is 6.05. The number of aryl methyl sites for hydroxylation is 3. The molecule has 2 heterocycles. The summed E-state index contributed by atoms with van der Waals surface area (Å²) in [7, 11) is 1.52. The quantitative estimate of drug-likeness (QED) is 0.671. The second-order valence-corrected chi connectivity index (χ2v) is 7.23. The zero-order valence-corrected chi connectivity index (χ0v) is 15.9. The molecule has 0 fully saturated rings. The lowest BCUT2D eigenvalue weighted by Gasteiger charge is -2.08. The minimum atomic E-state index is -0.294. The summed E-state index contributed by atoms with van der Waals surface area (Å²) in [5.74, 6) is 0.344. The van der Waals surface area contributed by atoms with Crippen LogP contribution in [0.1, 0.15) is 39.3 Å². The number of aromatic nitrogens is 3. The zero-order chi connectivity index (χ0) is 18.8. The van der Waals surface area contributed by atoms with Crippen LogP contribution in [0, 0.1) is 20.8 Å². The van der Waals surface area contributed by atoms with Crippen LogP contribution < -0.4 is 10.1 Å². The van der Waals surface area contributed by atoms with Gasteiger partial charge in [-0.15, -0.1) is 5.10 Å². The summed E-state index contributed by atoms with van der Waals surface area (Å²) in [4.78, 5) is 30.7. The fourth-order valence-electron chi connectivity index (χ4n) is 2.58. The van der Waals surface area contributed by atoms with Gasteiger partial charge in [0.25, 0.3) is 0 Å². The highest BCUT2D eigenvalue weighted by Crippen LogP contribution is 2.23. The van der Waals surface area contributed by atoms with Crippen molar-refractivity contribution < 1.29 is 14.3 Å². The first-order valence-corrected chi connectivity index (χ1v) is 9.01. The molecule has 0 radical (unpaired) electrons. The molecular weight excluding hydrogens is 352 g/mol.